The Morgan fingerprint density at radius 2 is 1.58 bits per heavy atom. The van der Waals surface area contributed by atoms with Crippen LogP contribution in [-0.2, 0) is 29.5 Å². The minimum Gasteiger partial charge on any atom is -0.343 e. The normalized spacial score (nSPS) is 21.2. The molecule has 11 nitrogen and oxygen atoms in total. The van der Waals surface area contributed by atoms with E-state index in [4.69, 9.17) is 0 Å². The summed E-state index contributed by atoms with van der Waals surface area (Å²) in [6, 6.07) is 14.9. The molecule has 7 rings (SSSR count). The highest BCUT2D eigenvalue weighted by atomic mass is 16.2. The molecule has 1 unspecified atom stereocenters. The van der Waals surface area contributed by atoms with E-state index in [0.717, 1.165) is 73.2 Å². The number of nitrogens with one attached hydrogen (secondary N) is 1. The van der Waals surface area contributed by atoms with Crippen molar-refractivity contribution in [1.29, 1.82) is 0 Å². The number of benzene rings is 2. The summed E-state index contributed by atoms with van der Waals surface area (Å²) in [5.41, 5.74) is 4.15. The molecule has 1 atom stereocenters. The minimum atomic E-state index is -0.422. The van der Waals surface area contributed by atoms with Crippen molar-refractivity contribution >= 4 is 34.4 Å². The Bertz CT molecular complexity index is 1620. The summed E-state index contributed by atoms with van der Waals surface area (Å²) in [6.07, 6.45) is 7.25. The van der Waals surface area contributed by atoms with Gasteiger partial charge in [-0.25, -0.2) is 4.79 Å². The van der Waals surface area contributed by atoms with Gasteiger partial charge in [-0.05, 0) is 88.0 Å². The molecule has 3 fully saturated rings. The Morgan fingerprint density at radius 1 is 0.854 bits per heavy atom. The van der Waals surface area contributed by atoms with E-state index in [9.17, 15) is 14.4 Å². The molecule has 2 aromatic carbocycles. The van der Waals surface area contributed by atoms with Gasteiger partial charge in [-0.2, -0.15) is 5.10 Å². The number of amides is 4. The number of aromatic nitrogens is 2. The van der Waals surface area contributed by atoms with Crippen molar-refractivity contribution in [2.75, 3.05) is 71.3 Å². The monoisotopic (exact) mass is 654 g/mol. The van der Waals surface area contributed by atoms with E-state index in [1.165, 1.54) is 12.8 Å². The summed E-state index contributed by atoms with van der Waals surface area (Å²) < 4.78 is 1.85. The Hall–Kier alpha value is -3.96. The number of carbonyl (C=O) groups is 3. The topological polar surface area (TPSA) is 97.3 Å². The molecule has 0 radical (unpaired) electrons. The fourth-order valence-electron chi connectivity index (χ4n) is 8.30. The van der Waals surface area contributed by atoms with E-state index in [2.05, 4.69) is 51.5 Å². The molecule has 5 heterocycles. The van der Waals surface area contributed by atoms with Gasteiger partial charge in [0.05, 0.1) is 17.6 Å². The second kappa shape index (κ2) is 14.3. The van der Waals surface area contributed by atoms with Gasteiger partial charge in [0.25, 0.3) is 0 Å². The minimum absolute atomic E-state index is 0.0342. The number of piperidine rings is 2. The summed E-state index contributed by atoms with van der Waals surface area (Å²) in [7, 11) is 4.12. The van der Waals surface area contributed by atoms with E-state index in [1.54, 1.807) is 0 Å². The summed E-state index contributed by atoms with van der Waals surface area (Å²) in [5, 5.41) is 8.52. The van der Waals surface area contributed by atoms with Gasteiger partial charge in [0.15, 0.2) is 0 Å². The van der Waals surface area contributed by atoms with Crippen molar-refractivity contribution in [2.24, 2.45) is 13.0 Å². The van der Waals surface area contributed by atoms with Crippen LogP contribution in [0.5, 0.6) is 0 Å². The van der Waals surface area contributed by atoms with Gasteiger partial charge in [-0.1, -0.05) is 24.3 Å². The molecule has 1 aromatic heterocycles. The number of fused-ring (bicyclic) bond motifs is 2. The maximum atomic E-state index is 14.2. The molecule has 4 aliphatic heterocycles. The first kappa shape index (κ1) is 32.6. The van der Waals surface area contributed by atoms with Crippen molar-refractivity contribution < 1.29 is 14.4 Å². The fraction of sp³-hybridized carbons (Fsp3) is 0.568. The van der Waals surface area contributed by atoms with Crippen LogP contribution in [0.25, 0.3) is 10.9 Å². The number of nitrogens with zero attached hydrogens (tertiary/aromatic N) is 7. The van der Waals surface area contributed by atoms with Crippen molar-refractivity contribution in [3.05, 3.63) is 59.8 Å². The number of piperazine rings is 1. The predicted octanol–water partition coefficient (Wildman–Crippen LogP) is 3.44. The number of aryl methyl sites for hydroxylation is 1. The number of urea groups is 1. The fourth-order valence-corrected chi connectivity index (χ4v) is 8.30. The predicted molar refractivity (Wildman–Crippen MR) is 187 cm³/mol. The molecule has 0 spiro atoms. The quantitative estimate of drug-likeness (QED) is 0.420. The maximum absolute atomic E-state index is 14.2. The SMILES string of the molecule is CN1CCC(N2CCN(C(=O)C(CC(=O)N3CCC(N4CCc5ccccc5NC4=O)CC3)Cc3ccc4c(cnn4C)c3)CC2)CC1. The average Bonchev–Trinajstić information content (AvgIpc) is 3.38. The molecule has 3 aromatic rings. The van der Waals surface area contributed by atoms with Gasteiger partial charge >= 0.3 is 6.03 Å². The second-order valence-electron chi connectivity index (χ2n) is 14.3. The van der Waals surface area contributed by atoms with E-state index < -0.39 is 5.92 Å². The van der Waals surface area contributed by atoms with Crippen LogP contribution in [0.4, 0.5) is 10.5 Å². The van der Waals surface area contributed by atoms with E-state index in [0.29, 0.717) is 45.2 Å². The Labute approximate surface area is 283 Å². The first-order valence-electron chi connectivity index (χ1n) is 17.9. The van der Waals surface area contributed by atoms with Crippen molar-refractivity contribution in [3.8, 4) is 0 Å². The lowest BCUT2D eigenvalue weighted by molar-refractivity contribution is -0.143. The van der Waals surface area contributed by atoms with E-state index >= 15 is 0 Å². The molecule has 4 aliphatic rings. The van der Waals surface area contributed by atoms with Crippen LogP contribution in [-0.4, -0.2) is 130 Å². The van der Waals surface area contributed by atoms with Gasteiger partial charge in [-0.3, -0.25) is 19.2 Å². The number of hydrogen-bond donors (Lipinski definition) is 1. The van der Waals surface area contributed by atoms with Crippen LogP contribution in [0.1, 0.15) is 43.2 Å². The summed E-state index contributed by atoms with van der Waals surface area (Å²) in [5.74, 6) is -0.297. The zero-order chi connectivity index (χ0) is 33.2. The molecular formula is C37H50N8O3. The second-order valence-corrected chi connectivity index (χ2v) is 14.3. The molecule has 3 saturated heterocycles. The molecular weight excluding hydrogens is 604 g/mol. The third-order valence-electron chi connectivity index (χ3n) is 11.3. The molecule has 1 N–H and O–H groups in total. The van der Waals surface area contributed by atoms with Crippen LogP contribution in [0, 0.1) is 5.92 Å². The van der Waals surface area contributed by atoms with E-state index in [-0.39, 0.29) is 30.3 Å². The average molecular weight is 655 g/mol. The van der Waals surface area contributed by atoms with Crippen LogP contribution in [0.15, 0.2) is 48.7 Å². The van der Waals surface area contributed by atoms with Gasteiger partial charge < -0.3 is 24.9 Å². The number of para-hydroxylation sites is 1. The molecule has 0 aliphatic carbocycles. The molecule has 256 valence electrons. The lowest BCUT2D eigenvalue weighted by atomic mass is 9.92. The lowest BCUT2D eigenvalue weighted by Crippen LogP contribution is -2.55. The van der Waals surface area contributed by atoms with Gasteiger partial charge in [0.2, 0.25) is 11.8 Å². The van der Waals surface area contributed by atoms with Crippen LogP contribution in [0.2, 0.25) is 0 Å². The molecule has 4 amide bonds. The summed E-state index contributed by atoms with van der Waals surface area (Å²) >= 11 is 0. The van der Waals surface area contributed by atoms with Gasteiger partial charge in [0, 0.05) is 82.4 Å². The zero-order valence-electron chi connectivity index (χ0n) is 28.5. The van der Waals surface area contributed by atoms with Crippen molar-refractivity contribution in [2.45, 2.75) is 57.0 Å². The Balaban J connectivity index is 0.991. The summed E-state index contributed by atoms with van der Waals surface area (Å²) in [6.45, 7) is 7.34. The first-order chi connectivity index (χ1) is 23.3. The van der Waals surface area contributed by atoms with Crippen molar-refractivity contribution in [3.63, 3.8) is 0 Å². The molecule has 11 heteroatoms. The lowest BCUT2D eigenvalue weighted by Gasteiger charge is -2.43. The standard InChI is InChI=1S/C37H50N8O3/c1-40-14-10-31(11-15-40)42-19-21-44(22-20-42)36(47)29(23-27-7-8-34-30(24-27)26-38-41(34)2)25-35(46)43-16-12-32(13-17-43)45-18-9-28-5-3-4-6-33(28)39-37(45)48/h3-8,24,26,29,31-32H,9-23,25H2,1-2H3,(H,39,48). The third kappa shape index (κ3) is 7.08. The van der Waals surface area contributed by atoms with E-state index in [1.807, 2.05) is 50.8 Å². The highest BCUT2D eigenvalue weighted by molar-refractivity contribution is 5.91. The number of rotatable bonds is 7. The Kier molecular flexibility index (Phi) is 9.68. The number of hydrogen-bond acceptors (Lipinski definition) is 6. The van der Waals surface area contributed by atoms with Crippen LogP contribution < -0.4 is 5.32 Å². The third-order valence-corrected chi connectivity index (χ3v) is 11.3. The molecule has 0 bridgehead atoms. The number of likely N-dealkylation sites (tertiary alicyclic amines) is 2. The maximum Gasteiger partial charge on any atom is 0.322 e. The van der Waals surface area contributed by atoms with Crippen LogP contribution >= 0.6 is 0 Å². The Morgan fingerprint density at radius 3 is 2.35 bits per heavy atom. The van der Waals surface area contributed by atoms with Gasteiger partial charge in [-0.15, -0.1) is 0 Å². The first-order valence-corrected chi connectivity index (χ1v) is 17.9. The molecule has 48 heavy (non-hydrogen) atoms. The largest absolute Gasteiger partial charge is 0.343 e. The zero-order valence-corrected chi connectivity index (χ0v) is 28.5. The number of carbonyl (C=O) groups excluding carboxylic acids is 3. The summed E-state index contributed by atoms with van der Waals surface area (Å²) in [4.78, 5) is 52.0. The number of anilines is 1. The smallest absolute Gasteiger partial charge is 0.322 e. The van der Waals surface area contributed by atoms with Crippen LogP contribution in [0.3, 0.4) is 0 Å². The van der Waals surface area contributed by atoms with Crippen molar-refractivity contribution in [1.82, 2.24) is 34.3 Å². The highest BCUT2D eigenvalue weighted by Crippen LogP contribution is 2.27. The van der Waals surface area contributed by atoms with Gasteiger partial charge in [0.1, 0.15) is 0 Å². The molecule has 0 saturated carbocycles. The highest BCUT2D eigenvalue weighted by Gasteiger charge is 2.35.